The maximum absolute atomic E-state index is 3.50. The summed E-state index contributed by atoms with van der Waals surface area (Å²) >= 11 is 0. The van der Waals surface area contributed by atoms with E-state index in [4.69, 9.17) is 0 Å². The maximum Gasteiger partial charge on any atom is 0.0728 e. The van der Waals surface area contributed by atoms with Gasteiger partial charge in [-0.3, -0.25) is 0 Å². The highest BCUT2D eigenvalue weighted by molar-refractivity contribution is 7.61. The van der Waals surface area contributed by atoms with E-state index in [9.17, 15) is 0 Å². The summed E-state index contributed by atoms with van der Waals surface area (Å²) in [6.07, 6.45) is 32.3. The molecule has 47 heavy (non-hydrogen) atoms. The predicted octanol–water partition coefficient (Wildman–Crippen LogP) is 11.7. The highest BCUT2D eigenvalue weighted by atomic mass is 31.1. The van der Waals surface area contributed by atoms with Gasteiger partial charge in [-0.25, -0.2) is 0 Å². The predicted molar refractivity (Wildman–Crippen MR) is 211 cm³/mol. The number of hydrogen-bond acceptors (Lipinski definition) is 0. The van der Waals surface area contributed by atoms with E-state index in [0.717, 1.165) is 35.5 Å². The molecule has 2 N–H and O–H groups in total. The van der Waals surface area contributed by atoms with Gasteiger partial charge < -0.3 is 9.97 Å². The van der Waals surface area contributed by atoms with Gasteiger partial charge in [0.15, 0.2) is 0 Å². The van der Waals surface area contributed by atoms with E-state index in [0.29, 0.717) is 15.9 Å². The Balaban J connectivity index is 1.26. The number of allylic oxidation sites excluding steroid dienone is 4. The highest BCUT2D eigenvalue weighted by Crippen LogP contribution is 2.80. The molecule has 8 fully saturated rings. The van der Waals surface area contributed by atoms with Gasteiger partial charge in [-0.2, -0.15) is 0 Å². The summed E-state index contributed by atoms with van der Waals surface area (Å²) in [6.45, 7) is 16.1. The van der Waals surface area contributed by atoms with Crippen molar-refractivity contribution in [1.29, 1.82) is 0 Å². The number of aromatic amines is 2. The Morgan fingerprint density at radius 1 is 0.702 bits per heavy atom. The first-order chi connectivity index (χ1) is 22.3. The molecule has 0 amide bonds. The number of nitrogens with one attached hydrogen (secondary N) is 2. The summed E-state index contributed by atoms with van der Waals surface area (Å²) in [7, 11) is 0.199. The number of H-pyrrole nitrogens is 2. The van der Waals surface area contributed by atoms with Crippen LogP contribution in [0, 0.1) is 35.5 Å². The van der Waals surface area contributed by atoms with Crippen LogP contribution in [0.15, 0.2) is 59.3 Å². The fourth-order valence-corrected chi connectivity index (χ4v) is 26.8. The normalized spacial score (nSPS) is 40.1. The summed E-state index contributed by atoms with van der Waals surface area (Å²) in [6, 6.07) is 4.74. The van der Waals surface area contributed by atoms with Crippen molar-refractivity contribution in [1.82, 2.24) is 9.97 Å². The van der Waals surface area contributed by atoms with Gasteiger partial charge in [-0.1, -0.05) is 64.0 Å². The number of aromatic nitrogens is 2. The molecular weight excluding hydrogens is 639 g/mol. The molecule has 2 atom stereocenters. The van der Waals surface area contributed by atoms with Crippen LogP contribution in [0.1, 0.15) is 88.2 Å². The van der Waals surface area contributed by atoms with Crippen molar-refractivity contribution in [3.05, 3.63) is 70.5 Å². The smallest absolute Gasteiger partial charge is 0.0728 e. The molecular formula is C41H62N2P2Si2. The molecule has 2 aromatic rings. The standard InChI is InChI=1S/C41H62N2P2Si2/c1-46(2,3)37-17-36(41(44,33-7-9-42-24-33)34-8-10-43-25-34)35(38(37)47(4,5)6)26-45(39-18-27-11-28(19-39)13-29(12-27)20-39)40-21-30-14-31(22-40)16-32(15-30)23-40/h7-10,17,24-25,27-32,38,42-43H,11-16,18-23,26,44H2,1-6H3. The zero-order chi connectivity index (χ0) is 32.6. The third kappa shape index (κ3) is 5.09. The monoisotopic (exact) mass is 700 g/mol. The molecule has 254 valence electrons. The Labute approximate surface area is 291 Å². The second-order valence-electron chi connectivity index (χ2n) is 20.5. The quantitative estimate of drug-likeness (QED) is 0.193. The summed E-state index contributed by atoms with van der Waals surface area (Å²) in [5, 5.41) is 2.97. The van der Waals surface area contributed by atoms with Crippen molar-refractivity contribution in [3.8, 4) is 0 Å². The van der Waals surface area contributed by atoms with E-state index >= 15 is 0 Å². The lowest BCUT2D eigenvalue weighted by Gasteiger charge is -2.68. The SMILES string of the molecule is C[Si](C)(C)C1=CC(C(P)(c2cc[nH]c2)c2cc[nH]c2)=C(CP(C23CC4CC(CC(C4)C2)C3)C23CC4CC(CC(C4)C2)C3)C1[Si](C)(C)C. The van der Waals surface area contributed by atoms with Gasteiger partial charge in [0, 0.05) is 24.8 Å². The number of hydrogen-bond donors (Lipinski definition) is 2. The second kappa shape index (κ2) is 10.9. The van der Waals surface area contributed by atoms with Crippen LogP contribution in [0.5, 0.6) is 0 Å². The molecule has 11 rings (SSSR count). The van der Waals surface area contributed by atoms with Crippen LogP contribution in [0.4, 0.5) is 0 Å². The van der Waals surface area contributed by atoms with Crippen molar-refractivity contribution in [3.63, 3.8) is 0 Å². The lowest BCUT2D eigenvalue weighted by Crippen LogP contribution is -2.57. The highest BCUT2D eigenvalue weighted by Gasteiger charge is 2.63. The van der Waals surface area contributed by atoms with E-state index in [1.807, 2.05) is 10.8 Å². The minimum absolute atomic E-state index is 0.116. The van der Waals surface area contributed by atoms with Crippen LogP contribution in [-0.2, 0) is 5.16 Å². The van der Waals surface area contributed by atoms with Crippen LogP contribution in [0.3, 0.4) is 0 Å². The van der Waals surface area contributed by atoms with E-state index < -0.39 is 16.1 Å². The molecule has 0 radical (unpaired) electrons. The van der Waals surface area contributed by atoms with Gasteiger partial charge in [0.25, 0.3) is 0 Å². The van der Waals surface area contributed by atoms with Crippen molar-refractivity contribution in [2.24, 2.45) is 35.5 Å². The molecule has 2 unspecified atom stereocenters. The van der Waals surface area contributed by atoms with Gasteiger partial charge in [-0.05, 0) is 163 Å². The Bertz CT molecular complexity index is 1420. The first-order valence-corrected chi connectivity index (χ1v) is 28.7. The van der Waals surface area contributed by atoms with Crippen LogP contribution in [0.2, 0.25) is 44.8 Å². The Hall–Kier alpha value is -0.666. The van der Waals surface area contributed by atoms with Crippen LogP contribution >= 0.6 is 17.2 Å². The largest absolute Gasteiger partial charge is 0.367 e. The summed E-state index contributed by atoms with van der Waals surface area (Å²) in [4.78, 5) is 6.98. The van der Waals surface area contributed by atoms with Crippen molar-refractivity contribution >= 4 is 33.3 Å². The number of rotatable bonds is 9. The molecule has 6 heteroatoms. The lowest BCUT2D eigenvalue weighted by molar-refractivity contribution is 0.0187. The molecule has 2 nitrogen and oxygen atoms in total. The van der Waals surface area contributed by atoms with Gasteiger partial charge in [0.05, 0.1) is 21.3 Å². The van der Waals surface area contributed by atoms with E-state index in [1.54, 1.807) is 82.6 Å². The first-order valence-electron chi connectivity index (χ1n) is 19.5. The maximum atomic E-state index is 3.50. The average Bonchev–Trinajstić information content (AvgIpc) is 3.75. The molecule has 2 aromatic heterocycles. The van der Waals surface area contributed by atoms with Gasteiger partial charge in [0.1, 0.15) is 0 Å². The molecule has 0 spiro atoms. The summed E-state index contributed by atoms with van der Waals surface area (Å²) in [5.41, 5.74) is 7.14. The zero-order valence-electron chi connectivity index (χ0n) is 30.3. The van der Waals surface area contributed by atoms with Crippen LogP contribution in [0.25, 0.3) is 0 Å². The zero-order valence-corrected chi connectivity index (χ0v) is 34.3. The molecule has 0 aliphatic heterocycles. The first kappa shape index (κ1) is 32.3. The van der Waals surface area contributed by atoms with Crippen LogP contribution < -0.4 is 0 Å². The van der Waals surface area contributed by atoms with Gasteiger partial charge in [0.2, 0.25) is 0 Å². The van der Waals surface area contributed by atoms with Crippen LogP contribution in [-0.4, -0.2) is 42.6 Å². The molecule has 8 bridgehead atoms. The molecule has 0 saturated heterocycles. The van der Waals surface area contributed by atoms with Crippen molar-refractivity contribution < 1.29 is 0 Å². The fourth-order valence-electron chi connectivity index (χ4n) is 14.3. The topological polar surface area (TPSA) is 31.6 Å². The summed E-state index contributed by atoms with van der Waals surface area (Å²) in [5.74, 6) is 6.26. The average molecular weight is 701 g/mol. The van der Waals surface area contributed by atoms with Crippen molar-refractivity contribution in [2.75, 3.05) is 6.16 Å². The minimum atomic E-state index is -1.60. The Morgan fingerprint density at radius 2 is 1.11 bits per heavy atom. The van der Waals surface area contributed by atoms with Gasteiger partial charge in [-0.15, -0.1) is 9.24 Å². The van der Waals surface area contributed by atoms with Crippen molar-refractivity contribution in [2.45, 2.75) is 137 Å². The molecule has 9 aliphatic carbocycles. The second-order valence-corrected chi connectivity index (χ2v) is 34.8. The Kier molecular flexibility index (Phi) is 7.49. The summed E-state index contributed by atoms with van der Waals surface area (Å²) < 4.78 is 0. The molecule has 2 heterocycles. The Morgan fingerprint density at radius 3 is 1.43 bits per heavy atom. The van der Waals surface area contributed by atoms with E-state index in [-0.39, 0.29) is 13.1 Å². The van der Waals surface area contributed by atoms with E-state index in [1.165, 1.54) is 17.3 Å². The van der Waals surface area contributed by atoms with E-state index in [2.05, 4.69) is 101 Å². The third-order valence-electron chi connectivity index (χ3n) is 15.1. The molecule has 8 saturated carbocycles. The third-order valence-corrected chi connectivity index (χ3v) is 24.9. The lowest BCUT2D eigenvalue weighted by atomic mass is 9.55. The van der Waals surface area contributed by atoms with Gasteiger partial charge >= 0.3 is 0 Å². The molecule has 9 aliphatic rings. The minimum Gasteiger partial charge on any atom is -0.367 e. The fraction of sp³-hybridized carbons (Fsp3) is 0.707. The molecule has 0 aromatic carbocycles.